The number of sulfonamides is 1. The Hall–Kier alpha value is -2.00. The van der Waals surface area contributed by atoms with Crippen molar-refractivity contribution in [3.8, 4) is 0 Å². The van der Waals surface area contributed by atoms with Gasteiger partial charge in [0.2, 0.25) is 10.0 Å². The fourth-order valence-corrected chi connectivity index (χ4v) is 3.74. The molecule has 0 aliphatic heterocycles. The number of aliphatic carboxylic acids is 1. The summed E-state index contributed by atoms with van der Waals surface area (Å²) in [7, 11) is -4.19. The SMILES string of the molecule is Cc1cc([N+](=O)[O-])c(C)c(S(=O)(=O)N[C@@H](CC(C)C)C(=O)O)c1. The summed E-state index contributed by atoms with van der Waals surface area (Å²) in [6.07, 6.45) is 0.113. The van der Waals surface area contributed by atoms with Crippen molar-refractivity contribution in [1.29, 1.82) is 0 Å². The first kappa shape index (κ1) is 19.0. The maximum absolute atomic E-state index is 12.5. The van der Waals surface area contributed by atoms with E-state index in [9.17, 15) is 23.3 Å². The van der Waals surface area contributed by atoms with Crippen molar-refractivity contribution >= 4 is 21.7 Å². The van der Waals surface area contributed by atoms with Gasteiger partial charge in [-0.05, 0) is 37.8 Å². The molecule has 0 aliphatic rings. The van der Waals surface area contributed by atoms with Gasteiger partial charge in [-0.1, -0.05) is 13.8 Å². The summed E-state index contributed by atoms with van der Waals surface area (Å²) < 4.78 is 27.1. The van der Waals surface area contributed by atoms with E-state index in [2.05, 4.69) is 4.72 Å². The average Bonchev–Trinajstić information content (AvgIpc) is 2.38. The highest BCUT2D eigenvalue weighted by molar-refractivity contribution is 7.89. The number of hydrogen-bond donors (Lipinski definition) is 2. The standard InChI is InChI=1S/C14H20N2O6S/c1-8(2)5-11(14(17)18)15-23(21,22)13-7-9(3)6-12(10(13)4)16(19)20/h6-8,11,15H,5H2,1-4H3,(H,17,18)/t11-/m0/s1. The van der Waals surface area contributed by atoms with Crippen LogP contribution in [0.15, 0.2) is 17.0 Å². The van der Waals surface area contributed by atoms with Crippen LogP contribution in [-0.2, 0) is 14.8 Å². The second kappa shape index (κ2) is 7.05. The first-order valence-electron chi connectivity index (χ1n) is 6.96. The molecule has 1 rings (SSSR count). The van der Waals surface area contributed by atoms with Crippen molar-refractivity contribution in [3.05, 3.63) is 33.4 Å². The molecule has 0 saturated carbocycles. The fraction of sp³-hybridized carbons (Fsp3) is 0.500. The molecule has 0 spiro atoms. The first-order valence-corrected chi connectivity index (χ1v) is 8.44. The van der Waals surface area contributed by atoms with E-state index in [-0.39, 0.29) is 28.5 Å². The minimum absolute atomic E-state index is 0.0261. The smallest absolute Gasteiger partial charge is 0.321 e. The molecule has 23 heavy (non-hydrogen) atoms. The molecule has 2 N–H and O–H groups in total. The van der Waals surface area contributed by atoms with Gasteiger partial charge in [0.1, 0.15) is 6.04 Å². The van der Waals surface area contributed by atoms with E-state index in [1.807, 2.05) is 0 Å². The Morgan fingerprint density at radius 2 is 1.91 bits per heavy atom. The zero-order chi connectivity index (χ0) is 17.9. The number of carboxylic acids is 1. The summed E-state index contributed by atoms with van der Waals surface area (Å²) in [5.41, 5.74) is 0.0568. The van der Waals surface area contributed by atoms with Gasteiger partial charge in [0.25, 0.3) is 5.69 Å². The van der Waals surface area contributed by atoms with Crippen molar-refractivity contribution in [1.82, 2.24) is 4.72 Å². The fourth-order valence-electron chi connectivity index (χ4n) is 2.20. The molecular weight excluding hydrogens is 324 g/mol. The summed E-state index contributed by atoms with van der Waals surface area (Å²) in [5, 5.41) is 20.2. The van der Waals surface area contributed by atoms with E-state index in [1.165, 1.54) is 26.0 Å². The number of nitro benzene ring substituents is 1. The molecule has 0 amide bonds. The maximum Gasteiger partial charge on any atom is 0.321 e. The lowest BCUT2D eigenvalue weighted by Crippen LogP contribution is -2.41. The van der Waals surface area contributed by atoms with Crippen molar-refractivity contribution in [2.75, 3.05) is 0 Å². The Labute approximate surface area is 134 Å². The molecule has 0 fully saturated rings. The van der Waals surface area contributed by atoms with Crippen LogP contribution >= 0.6 is 0 Å². The van der Waals surface area contributed by atoms with Crippen LogP contribution < -0.4 is 4.72 Å². The van der Waals surface area contributed by atoms with Gasteiger partial charge < -0.3 is 5.11 Å². The van der Waals surface area contributed by atoms with Crippen molar-refractivity contribution < 1.29 is 23.2 Å². The van der Waals surface area contributed by atoms with Crippen LogP contribution in [-0.4, -0.2) is 30.5 Å². The van der Waals surface area contributed by atoms with E-state index < -0.39 is 27.0 Å². The molecule has 128 valence electrons. The highest BCUT2D eigenvalue weighted by Crippen LogP contribution is 2.27. The molecule has 1 aromatic carbocycles. The topological polar surface area (TPSA) is 127 Å². The van der Waals surface area contributed by atoms with Gasteiger partial charge in [-0.3, -0.25) is 14.9 Å². The second-order valence-electron chi connectivity index (χ2n) is 5.81. The molecular formula is C14H20N2O6S. The average molecular weight is 344 g/mol. The molecule has 0 bridgehead atoms. The highest BCUT2D eigenvalue weighted by Gasteiger charge is 2.29. The molecule has 9 heteroatoms. The number of aryl methyl sites for hydroxylation is 1. The third-order valence-electron chi connectivity index (χ3n) is 3.27. The Morgan fingerprint density at radius 1 is 1.35 bits per heavy atom. The number of rotatable bonds is 7. The summed E-state index contributed by atoms with van der Waals surface area (Å²) in [6, 6.07) is 1.27. The molecule has 0 heterocycles. The van der Waals surface area contributed by atoms with Crippen LogP contribution in [0.4, 0.5) is 5.69 Å². The predicted octanol–water partition coefficient (Wildman–Crippen LogP) is 1.99. The highest BCUT2D eigenvalue weighted by atomic mass is 32.2. The second-order valence-corrected chi connectivity index (χ2v) is 7.49. The largest absolute Gasteiger partial charge is 0.480 e. The summed E-state index contributed by atoms with van der Waals surface area (Å²) >= 11 is 0. The minimum Gasteiger partial charge on any atom is -0.480 e. The van der Waals surface area contributed by atoms with Crippen LogP contribution in [0.1, 0.15) is 31.4 Å². The number of hydrogen-bond acceptors (Lipinski definition) is 5. The Bertz CT molecular complexity index is 727. The van der Waals surface area contributed by atoms with Crippen LogP contribution in [0, 0.1) is 29.9 Å². The van der Waals surface area contributed by atoms with Crippen LogP contribution in [0.5, 0.6) is 0 Å². The zero-order valence-corrected chi connectivity index (χ0v) is 14.2. The third kappa shape index (κ3) is 4.73. The predicted molar refractivity (Wildman–Crippen MR) is 83.8 cm³/mol. The van der Waals surface area contributed by atoms with Gasteiger partial charge in [-0.15, -0.1) is 0 Å². The van der Waals surface area contributed by atoms with Crippen LogP contribution in [0.3, 0.4) is 0 Å². The Balaban J connectivity index is 3.33. The van der Waals surface area contributed by atoms with Gasteiger partial charge in [0.05, 0.1) is 9.82 Å². The van der Waals surface area contributed by atoms with Crippen molar-refractivity contribution in [3.63, 3.8) is 0 Å². The Morgan fingerprint density at radius 3 is 2.35 bits per heavy atom. The first-order chi connectivity index (χ1) is 10.5. The molecule has 8 nitrogen and oxygen atoms in total. The molecule has 0 aromatic heterocycles. The van der Waals surface area contributed by atoms with Gasteiger partial charge in [0.15, 0.2) is 0 Å². The number of nitro groups is 1. The zero-order valence-electron chi connectivity index (χ0n) is 13.4. The van der Waals surface area contributed by atoms with Crippen molar-refractivity contribution in [2.45, 2.75) is 45.1 Å². The van der Waals surface area contributed by atoms with E-state index in [0.29, 0.717) is 5.56 Å². The number of carboxylic acid groups (broad SMARTS) is 1. The molecule has 1 atom stereocenters. The lowest BCUT2D eigenvalue weighted by Gasteiger charge is -2.17. The van der Waals surface area contributed by atoms with E-state index in [0.717, 1.165) is 0 Å². The molecule has 0 aliphatic carbocycles. The summed E-state index contributed by atoms with van der Waals surface area (Å²) in [5.74, 6) is -1.33. The van der Waals surface area contributed by atoms with Gasteiger partial charge >= 0.3 is 5.97 Å². The van der Waals surface area contributed by atoms with Crippen molar-refractivity contribution in [2.24, 2.45) is 5.92 Å². The van der Waals surface area contributed by atoms with Gasteiger partial charge in [-0.25, -0.2) is 8.42 Å². The van der Waals surface area contributed by atoms with Gasteiger partial charge in [0, 0.05) is 11.6 Å². The lowest BCUT2D eigenvalue weighted by molar-refractivity contribution is -0.385. The third-order valence-corrected chi connectivity index (χ3v) is 4.86. The number of nitrogens with one attached hydrogen (secondary N) is 1. The van der Waals surface area contributed by atoms with Crippen LogP contribution in [0.2, 0.25) is 0 Å². The van der Waals surface area contributed by atoms with E-state index >= 15 is 0 Å². The molecule has 0 unspecified atom stereocenters. The normalized spacial score (nSPS) is 13.1. The lowest BCUT2D eigenvalue weighted by atomic mass is 10.1. The Kier molecular flexibility index (Phi) is 5.84. The van der Waals surface area contributed by atoms with Gasteiger partial charge in [-0.2, -0.15) is 4.72 Å². The van der Waals surface area contributed by atoms with E-state index in [1.54, 1.807) is 13.8 Å². The monoisotopic (exact) mass is 344 g/mol. The summed E-state index contributed by atoms with van der Waals surface area (Å²) in [4.78, 5) is 21.3. The number of nitrogens with zero attached hydrogens (tertiary/aromatic N) is 1. The minimum atomic E-state index is -4.19. The quantitative estimate of drug-likeness (QED) is 0.575. The maximum atomic E-state index is 12.5. The number of carbonyl (C=O) groups is 1. The molecule has 1 aromatic rings. The summed E-state index contributed by atoms with van der Waals surface area (Å²) in [6.45, 7) is 6.40. The molecule has 0 saturated heterocycles. The number of benzene rings is 1. The van der Waals surface area contributed by atoms with E-state index in [4.69, 9.17) is 5.11 Å². The molecule has 0 radical (unpaired) electrons. The van der Waals surface area contributed by atoms with Crippen LogP contribution in [0.25, 0.3) is 0 Å².